The van der Waals surface area contributed by atoms with Gasteiger partial charge in [-0.2, -0.15) is 4.80 Å². The summed E-state index contributed by atoms with van der Waals surface area (Å²) < 4.78 is 0.818. The zero-order valence-corrected chi connectivity index (χ0v) is 13.6. The summed E-state index contributed by atoms with van der Waals surface area (Å²) in [5.41, 5.74) is 0.496. The van der Waals surface area contributed by atoms with Crippen molar-refractivity contribution in [3.8, 4) is 0 Å². The molecule has 1 aromatic heterocycles. The van der Waals surface area contributed by atoms with E-state index in [1.807, 2.05) is 13.0 Å². The molecule has 0 bridgehead atoms. The number of anilines is 1. The lowest BCUT2D eigenvalue weighted by atomic mass is 10.2. The molecule has 2 rings (SSSR count). The Labute approximate surface area is 135 Å². The van der Waals surface area contributed by atoms with Gasteiger partial charge in [0.25, 0.3) is 11.9 Å². The molecule has 1 amide bonds. The molecule has 9 heteroatoms. The zero-order valence-electron chi connectivity index (χ0n) is 11.2. The summed E-state index contributed by atoms with van der Waals surface area (Å²) in [7, 11) is 0. The minimum Gasteiger partial charge on any atom is -0.299 e. The maximum Gasteiger partial charge on any atom is 0.269 e. The van der Waals surface area contributed by atoms with Crippen LogP contribution in [0.4, 0.5) is 5.95 Å². The van der Waals surface area contributed by atoms with E-state index in [0.717, 1.165) is 10.9 Å². The van der Waals surface area contributed by atoms with Crippen LogP contribution in [0.5, 0.6) is 0 Å². The molecule has 0 saturated heterocycles. The summed E-state index contributed by atoms with van der Waals surface area (Å²) in [6.45, 7) is 2.69. The Kier molecular flexibility index (Phi) is 5.34. The lowest BCUT2D eigenvalue weighted by Crippen LogP contribution is -2.34. The van der Waals surface area contributed by atoms with Crippen molar-refractivity contribution in [2.24, 2.45) is 0 Å². The van der Waals surface area contributed by atoms with Gasteiger partial charge >= 0.3 is 0 Å². The second kappa shape index (κ2) is 7.23. The van der Waals surface area contributed by atoms with Gasteiger partial charge in [-0.15, -0.1) is 5.10 Å². The van der Waals surface area contributed by atoms with E-state index >= 15 is 0 Å². The molecule has 2 N–H and O–H groups in total. The van der Waals surface area contributed by atoms with Gasteiger partial charge in [0.05, 0.1) is 6.54 Å². The number of halogens is 1. The number of thiocarbonyl (C=S) groups is 1. The van der Waals surface area contributed by atoms with Gasteiger partial charge in [-0.05, 0) is 42.1 Å². The van der Waals surface area contributed by atoms with Crippen LogP contribution in [0, 0.1) is 0 Å². The molecule has 1 heterocycles. The number of carbonyl (C=O) groups excluding carboxylic acids is 1. The van der Waals surface area contributed by atoms with Crippen LogP contribution in [-0.2, 0) is 6.54 Å². The van der Waals surface area contributed by atoms with E-state index in [1.165, 1.54) is 4.80 Å². The Balaban J connectivity index is 1.93. The highest BCUT2D eigenvalue weighted by atomic mass is 79.9. The number of aryl methyl sites for hydroxylation is 1. The van der Waals surface area contributed by atoms with Crippen LogP contribution >= 0.6 is 28.1 Å². The fraction of sp³-hybridized carbons (Fsp3) is 0.250. The van der Waals surface area contributed by atoms with E-state index in [1.54, 1.807) is 18.2 Å². The molecule has 110 valence electrons. The average molecular weight is 369 g/mol. The Morgan fingerprint density at radius 1 is 1.48 bits per heavy atom. The molecule has 0 spiro atoms. The third kappa shape index (κ3) is 4.57. The largest absolute Gasteiger partial charge is 0.299 e. The molecule has 0 atom stereocenters. The van der Waals surface area contributed by atoms with E-state index in [0.29, 0.717) is 12.1 Å². The average Bonchev–Trinajstić information content (AvgIpc) is 2.86. The molecule has 7 nitrogen and oxygen atoms in total. The first-order chi connectivity index (χ1) is 10.1. The summed E-state index contributed by atoms with van der Waals surface area (Å²) in [5.74, 6) is -0.0576. The van der Waals surface area contributed by atoms with Crippen LogP contribution < -0.4 is 10.6 Å². The van der Waals surface area contributed by atoms with Crippen molar-refractivity contribution in [3.05, 3.63) is 34.3 Å². The van der Waals surface area contributed by atoms with E-state index < -0.39 is 0 Å². The van der Waals surface area contributed by atoms with Gasteiger partial charge in [0.2, 0.25) is 0 Å². The van der Waals surface area contributed by atoms with Crippen LogP contribution in [-0.4, -0.2) is 31.2 Å². The van der Waals surface area contributed by atoms with E-state index in [2.05, 4.69) is 42.0 Å². The molecule has 21 heavy (non-hydrogen) atoms. The summed E-state index contributed by atoms with van der Waals surface area (Å²) in [4.78, 5) is 13.4. The molecule has 0 aliphatic heterocycles. The van der Waals surface area contributed by atoms with Gasteiger partial charge in [-0.25, -0.2) is 0 Å². The topological polar surface area (TPSA) is 84.7 Å². The minimum absolute atomic E-state index is 0.121. The third-order valence-electron chi connectivity index (χ3n) is 2.42. The third-order valence-corrected chi connectivity index (χ3v) is 3.11. The van der Waals surface area contributed by atoms with Crippen molar-refractivity contribution in [1.82, 2.24) is 25.5 Å². The predicted octanol–water partition coefficient (Wildman–Crippen LogP) is 1.97. The number of aromatic nitrogens is 4. The molecule has 0 unspecified atom stereocenters. The van der Waals surface area contributed by atoms with E-state index in [9.17, 15) is 4.79 Å². The standard InChI is InChI=1S/C12H13BrN6OS/c1-2-6-19-17-11(16-18-19)15-12(21)14-10(20)8-4-3-5-9(13)7-8/h3-5,7H,2,6H2,1H3,(H2,14,15,17,20,21). The molecule has 0 fully saturated rings. The maximum absolute atomic E-state index is 12.0. The second-order valence-electron chi connectivity index (χ2n) is 4.13. The van der Waals surface area contributed by atoms with Crippen LogP contribution in [0.25, 0.3) is 0 Å². The van der Waals surface area contributed by atoms with Crippen molar-refractivity contribution in [3.63, 3.8) is 0 Å². The van der Waals surface area contributed by atoms with Gasteiger partial charge < -0.3 is 0 Å². The smallest absolute Gasteiger partial charge is 0.269 e. The van der Waals surface area contributed by atoms with Crippen molar-refractivity contribution >= 4 is 45.1 Å². The maximum atomic E-state index is 12.0. The number of hydrogen-bond acceptors (Lipinski definition) is 5. The van der Waals surface area contributed by atoms with Crippen LogP contribution in [0.15, 0.2) is 28.7 Å². The zero-order chi connectivity index (χ0) is 15.2. The highest BCUT2D eigenvalue weighted by Crippen LogP contribution is 2.11. The van der Waals surface area contributed by atoms with Crippen molar-refractivity contribution < 1.29 is 4.79 Å². The summed E-state index contributed by atoms with van der Waals surface area (Å²) >= 11 is 8.36. The number of rotatable bonds is 4. The number of nitrogens with one attached hydrogen (secondary N) is 2. The number of tetrazole rings is 1. The first-order valence-corrected chi connectivity index (χ1v) is 7.44. The van der Waals surface area contributed by atoms with Crippen molar-refractivity contribution in [1.29, 1.82) is 0 Å². The summed E-state index contributed by atoms with van der Waals surface area (Å²) in [6, 6.07) is 7.00. The van der Waals surface area contributed by atoms with Gasteiger partial charge in [0.15, 0.2) is 5.11 Å². The summed E-state index contributed by atoms with van der Waals surface area (Å²) in [6.07, 6.45) is 0.903. The first kappa shape index (κ1) is 15.5. The lowest BCUT2D eigenvalue weighted by Gasteiger charge is -2.06. The Bertz CT molecular complexity index is 659. The van der Waals surface area contributed by atoms with Gasteiger partial charge in [-0.3, -0.25) is 15.4 Å². The summed E-state index contributed by atoms with van der Waals surface area (Å²) in [5, 5.41) is 17.1. The van der Waals surface area contributed by atoms with Gasteiger partial charge in [-0.1, -0.05) is 34.0 Å². The second-order valence-corrected chi connectivity index (χ2v) is 5.45. The minimum atomic E-state index is -0.310. The molecule has 2 aromatic rings. The Morgan fingerprint density at radius 3 is 3.00 bits per heavy atom. The predicted molar refractivity (Wildman–Crippen MR) is 85.9 cm³/mol. The van der Waals surface area contributed by atoms with Crippen molar-refractivity contribution in [2.45, 2.75) is 19.9 Å². The molecule has 0 saturated carbocycles. The number of amides is 1. The fourth-order valence-electron chi connectivity index (χ4n) is 1.53. The number of benzene rings is 1. The number of hydrogen-bond donors (Lipinski definition) is 2. The van der Waals surface area contributed by atoms with E-state index in [4.69, 9.17) is 12.2 Å². The van der Waals surface area contributed by atoms with Crippen molar-refractivity contribution in [2.75, 3.05) is 5.32 Å². The fourth-order valence-corrected chi connectivity index (χ4v) is 2.11. The Morgan fingerprint density at radius 2 is 2.29 bits per heavy atom. The Hall–Kier alpha value is -1.87. The van der Waals surface area contributed by atoms with Gasteiger partial charge in [0, 0.05) is 10.0 Å². The quantitative estimate of drug-likeness (QED) is 0.802. The SMILES string of the molecule is CCCn1nnc(NC(=S)NC(=O)c2cccc(Br)c2)n1. The molecule has 1 aromatic carbocycles. The molecule has 0 radical (unpaired) electrons. The van der Waals surface area contributed by atoms with Crippen LogP contribution in [0.3, 0.4) is 0 Å². The molecule has 0 aliphatic rings. The first-order valence-electron chi connectivity index (χ1n) is 6.24. The lowest BCUT2D eigenvalue weighted by molar-refractivity contribution is 0.0977. The highest BCUT2D eigenvalue weighted by Gasteiger charge is 2.10. The normalized spacial score (nSPS) is 10.2. The highest BCUT2D eigenvalue weighted by molar-refractivity contribution is 9.10. The van der Waals surface area contributed by atoms with Crippen LogP contribution in [0.2, 0.25) is 0 Å². The molecule has 0 aliphatic carbocycles. The molecular formula is C12H13BrN6OS. The molecular weight excluding hydrogens is 356 g/mol. The number of carbonyl (C=O) groups is 1. The monoisotopic (exact) mass is 368 g/mol. The van der Waals surface area contributed by atoms with Gasteiger partial charge in [0.1, 0.15) is 0 Å². The van der Waals surface area contributed by atoms with Crippen LogP contribution in [0.1, 0.15) is 23.7 Å². The van der Waals surface area contributed by atoms with E-state index in [-0.39, 0.29) is 17.0 Å². The number of nitrogens with zero attached hydrogens (tertiary/aromatic N) is 4.